The van der Waals surface area contributed by atoms with Gasteiger partial charge in [0.05, 0.1) is 0 Å². The highest BCUT2D eigenvalue weighted by molar-refractivity contribution is 6.51. The number of benzene rings is 2. The normalized spacial score (nSPS) is 12.8. The first-order chi connectivity index (χ1) is 8.85. The van der Waals surface area contributed by atoms with E-state index in [-0.39, 0.29) is 6.29 Å². The van der Waals surface area contributed by atoms with Crippen LogP contribution in [0.15, 0.2) is 42.5 Å². The van der Waals surface area contributed by atoms with E-state index in [1.54, 1.807) is 0 Å². The molecular weight excluding hydrogens is 240 g/mol. The molecule has 0 bridgehead atoms. The number of ether oxygens (including phenoxy) is 1. The van der Waals surface area contributed by atoms with Crippen LogP contribution in [0.3, 0.4) is 0 Å². The van der Waals surface area contributed by atoms with Gasteiger partial charge in [0, 0.05) is 6.61 Å². The molecule has 2 aromatic rings. The summed E-state index contributed by atoms with van der Waals surface area (Å²) in [7, 11) is 0.330. The molecule has 18 heavy (non-hydrogen) atoms. The summed E-state index contributed by atoms with van der Waals surface area (Å²) in [5, 5.41) is 3.77. The summed E-state index contributed by atoms with van der Waals surface area (Å²) in [6.07, 6.45) is 0.790. The molecule has 0 amide bonds. The van der Waals surface area contributed by atoms with Gasteiger partial charge in [-0.05, 0) is 29.3 Å². The van der Waals surface area contributed by atoms with E-state index in [9.17, 15) is 0 Å². The Balaban J connectivity index is 2.11. The molecule has 2 radical (unpaired) electrons. The first kappa shape index (κ1) is 13.3. The molecule has 0 heterocycles. The molecule has 0 spiro atoms. The molecule has 2 rings (SSSR count). The number of rotatable bonds is 6. The first-order valence-corrected chi connectivity index (χ1v) is 7.27. The van der Waals surface area contributed by atoms with Crippen molar-refractivity contribution in [1.29, 1.82) is 0 Å². The fourth-order valence-electron chi connectivity index (χ4n) is 1.86. The maximum absolute atomic E-state index is 5.83. The maximum atomic E-state index is 5.83. The van der Waals surface area contributed by atoms with Gasteiger partial charge in [-0.1, -0.05) is 49.4 Å². The van der Waals surface area contributed by atoms with Crippen molar-refractivity contribution >= 4 is 25.7 Å². The zero-order valence-corrected chi connectivity index (χ0v) is 11.8. The molecule has 94 valence electrons. The number of fused-ring (bicyclic) bond motifs is 1. The van der Waals surface area contributed by atoms with Crippen molar-refractivity contribution in [3.8, 4) is 0 Å². The molecule has 0 aromatic heterocycles. The van der Waals surface area contributed by atoms with Crippen LogP contribution in [0.25, 0.3) is 10.8 Å². The SMILES string of the molecule is CCOC(CC)O[Si]c1cccc2ccccc12. The number of hydrogen-bond donors (Lipinski definition) is 0. The summed E-state index contributed by atoms with van der Waals surface area (Å²) in [6.45, 7) is 4.76. The van der Waals surface area contributed by atoms with Crippen LogP contribution in [-0.4, -0.2) is 22.7 Å². The van der Waals surface area contributed by atoms with Gasteiger partial charge in [-0.3, -0.25) is 0 Å². The highest BCUT2D eigenvalue weighted by Gasteiger charge is 2.09. The summed E-state index contributed by atoms with van der Waals surface area (Å²) >= 11 is 0. The van der Waals surface area contributed by atoms with E-state index < -0.39 is 0 Å². The van der Waals surface area contributed by atoms with Crippen molar-refractivity contribution in [2.75, 3.05) is 6.61 Å². The molecule has 0 saturated heterocycles. The third kappa shape index (κ3) is 3.19. The van der Waals surface area contributed by atoms with Gasteiger partial charge >= 0.3 is 0 Å². The lowest BCUT2D eigenvalue weighted by Gasteiger charge is -2.16. The summed E-state index contributed by atoms with van der Waals surface area (Å²) in [5.41, 5.74) is 0. The molecule has 0 aliphatic rings. The van der Waals surface area contributed by atoms with Crippen molar-refractivity contribution in [2.24, 2.45) is 0 Å². The van der Waals surface area contributed by atoms with Gasteiger partial charge in [0.15, 0.2) is 0 Å². The van der Waals surface area contributed by atoms with E-state index in [4.69, 9.17) is 9.16 Å². The lowest BCUT2D eigenvalue weighted by molar-refractivity contribution is -0.0748. The summed E-state index contributed by atoms with van der Waals surface area (Å²) in [4.78, 5) is 0. The summed E-state index contributed by atoms with van der Waals surface area (Å²) in [6, 6.07) is 14.7. The van der Waals surface area contributed by atoms with Gasteiger partial charge in [-0.25, -0.2) is 0 Å². The minimum Gasteiger partial charge on any atom is -0.387 e. The van der Waals surface area contributed by atoms with E-state index in [0.717, 1.165) is 6.42 Å². The van der Waals surface area contributed by atoms with Crippen LogP contribution in [0.4, 0.5) is 0 Å². The smallest absolute Gasteiger partial charge is 0.273 e. The Hall–Kier alpha value is -1.16. The maximum Gasteiger partial charge on any atom is 0.273 e. The molecule has 0 aliphatic heterocycles. The molecule has 0 N–H and O–H groups in total. The second-order valence-electron chi connectivity index (χ2n) is 4.04. The Bertz CT molecular complexity index is 493. The molecule has 2 aromatic carbocycles. The monoisotopic (exact) mass is 258 g/mol. The largest absolute Gasteiger partial charge is 0.387 e. The van der Waals surface area contributed by atoms with Crippen LogP contribution in [-0.2, 0) is 9.16 Å². The molecule has 0 aliphatic carbocycles. The van der Waals surface area contributed by atoms with Crippen LogP contribution < -0.4 is 5.19 Å². The van der Waals surface area contributed by atoms with Crippen LogP contribution in [0, 0.1) is 0 Å². The Morgan fingerprint density at radius 2 is 1.83 bits per heavy atom. The zero-order valence-electron chi connectivity index (χ0n) is 10.8. The predicted molar refractivity (Wildman–Crippen MR) is 76.1 cm³/mol. The van der Waals surface area contributed by atoms with Gasteiger partial charge in [-0.15, -0.1) is 0 Å². The van der Waals surface area contributed by atoms with Gasteiger partial charge in [0.2, 0.25) is 0 Å². The summed E-state index contributed by atoms with van der Waals surface area (Å²) in [5.74, 6) is 0. The molecule has 2 nitrogen and oxygen atoms in total. The molecule has 0 saturated carbocycles. The van der Waals surface area contributed by atoms with Crippen molar-refractivity contribution in [1.82, 2.24) is 0 Å². The van der Waals surface area contributed by atoms with Crippen molar-refractivity contribution < 1.29 is 9.16 Å². The second kappa shape index (κ2) is 6.68. The fraction of sp³-hybridized carbons (Fsp3) is 0.333. The van der Waals surface area contributed by atoms with Gasteiger partial charge in [0.1, 0.15) is 6.29 Å². The molecule has 0 fully saturated rings. The lowest BCUT2D eigenvalue weighted by Crippen LogP contribution is -2.26. The number of hydrogen-bond acceptors (Lipinski definition) is 2. The van der Waals surface area contributed by atoms with Gasteiger partial charge in [0.25, 0.3) is 9.76 Å². The Labute approximate surface area is 111 Å². The standard InChI is InChI=1S/C15H18O2Si/c1-3-15(16-4-2)17-18-14-11-7-9-12-8-5-6-10-13(12)14/h5-11,15H,3-4H2,1-2H3. The van der Waals surface area contributed by atoms with E-state index >= 15 is 0 Å². The second-order valence-corrected chi connectivity index (χ2v) is 5.02. The molecule has 1 unspecified atom stereocenters. The Morgan fingerprint density at radius 1 is 1.06 bits per heavy atom. The van der Waals surface area contributed by atoms with Crippen molar-refractivity contribution in [3.63, 3.8) is 0 Å². The Morgan fingerprint density at radius 3 is 2.61 bits per heavy atom. The van der Waals surface area contributed by atoms with Crippen molar-refractivity contribution in [2.45, 2.75) is 26.6 Å². The molecular formula is C15H18O2Si. The van der Waals surface area contributed by atoms with E-state index in [0.29, 0.717) is 16.4 Å². The zero-order chi connectivity index (χ0) is 12.8. The minimum absolute atomic E-state index is 0.0905. The molecule has 1 atom stereocenters. The lowest BCUT2D eigenvalue weighted by atomic mass is 10.1. The Kier molecular flexibility index (Phi) is 4.93. The third-order valence-electron chi connectivity index (χ3n) is 2.78. The van der Waals surface area contributed by atoms with Crippen LogP contribution >= 0.6 is 0 Å². The summed E-state index contributed by atoms with van der Waals surface area (Å²) < 4.78 is 11.3. The minimum atomic E-state index is -0.0905. The predicted octanol–water partition coefficient (Wildman–Crippen LogP) is 2.87. The average Bonchev–Trinajstić information content (AvgIpc) is 2.43. The molecule has 3 heteroatoms. The van der Waals surface area contributed by atoms with Crippen LogP contribution in [0.5, 0.6) is 0 Å². The topological polar surface area (TPSA) is 18.5 Å². The fourth-order valence-corrected chi connectivity index (χ4v) is 2.86. The highest BCUT2D eigenvalue weighted by Crippen LogP contribution is 2.10. The van der Waals surface area contributed by atoms with Crippen molar-refractivity contribution in [3.05, 3.63) is 42.5 Å². The van der Waals surface area contributed by atoms with Gasteiger partial charge < -0.3 is 9.16 Å². The average molecular weight is 258 g/mol. The van der Waals surface area contributed by atoms with E-state index in [1.807, 2.05) is 6.92 Å². The van der Waals surface area contributed by atoms with Crippen LogP contribution in [0.2, 0.25) is 0 Å². The highest BCUT2D eigenvalue weighted by atomic mass is 28.2. The third-order valence-corrected chi connectivity index (χ3v) is 3.81. The van der Waals surface area contributed by atoms with E-state index in [2.05, 4.69) is 49.4 Å². The van der Waals surface area contributed by atoms with Gasteiger partial charge in [-0.2, -0.15) is 0 Å². The van der Waals surface area contributed by atoms with E-state index in [1.165, 1.54) is 16.0 Å². The first-order valence-electron chi connectivity index (χ1n) is 6.36. The van der Waals surface area contributed by atoms with Crippen LogP contribution in [0.1, 0.15) is 20.3 Å². The quantitative estimate of drug-likeness (QED) is 0.586.